The first-order valence-electron chi connectivity index (χ1n) is 8.86. The topological polar surface area (TPSA) is 90.2 Å². The molecule has 4 rings (SSSR count). The van der Waals surface area contributed by atoms with Crippen LogP contribution < -0.4 is 14.3 Å². The van der Waals surface area contributed by atoms with E-state index in [4.69, 9.17) is 9.47 Å². The minimum Gasteiger partial charge on any atom is -0.454 e. The molecule has 8 nitrogen and oxygen atoms in total. The van der Waals surface area contributed by atoms with Crippen LogP contribution in [0.4, 0.5) is 0 Å². The molecule has 0 fully saturated rings. The van der Waals surface area contributed by atoms with Crippen molar-refractivity contribution in [3.05, 3.63) is 46.8 Å². The number of nitrogens with zero attached hydrogens (tertiary/aromatic N) is 3. The molecule has 1 aliphatic heterocycles. The molecule has 0 atom stereocenters. The van der Waals surface area contributed by atoms with E-state index in [1.807, 2.05) is 23.6 Å². The van der Waals surface area contributed by atoms with Gasteiger partial charge in [-0.3, -0.25) is 4.79 Å². The Hall–Kier alpha value is -2.69. The molecular weight excluding hydrogens is 414 g/mol. The zero-order chi connectivity index (χ0) is 20.8. The number of carbonyl (C=O) groups is 1. The summed E-state index contributed by atoms with van der Waals surface area (Å²) < 4.78 is 39.2. The summed E-state index contributed by atoms with van der Waals surface area (Å²) in [5.74, 6) is 0.915. The van der Waals surface area contributed by atoms with Crippen molar-refractivity contribution >= 4 is 37.5 Å². The van der Waals surface area contributed by atoms with Crippen LogP contribution >= 0.6 is 11.3 Å². The van der Waals surface area contributed by atoms with Crippen LogP contribution in [0.15, 0.2) is 46.3 Å². The summed E-state index contributed by atoms with van der Waals surface area (Å²) in [4.78, 5) is 17.6. The van der Waals surface area contributed by atoms with E-state index in [2.05, 4.69) is 4.99 Å². The van der Waals surface area contributed by atoms with Crippen molar-refractivity contribution in [2.75, 3.05) is 20.9 Å². The molecule has 2 aromatic carbocycles. The zero-order valence-electron chi connectivity index (χ0n) is 16.1. The Bertz CT molecular complexity index is 1270. The molecule has 1 amide bonds. The fraction of sp³-hybridized carbons (Fsp3) is 0.263. The molecule has 0 unspecified atom stereocenters. The van der Waals surface area contributed by atoms with E-state index in [0.717, 1.165) is 14.5 Å². The number of carbonyl (C=O) groups excluding carboxylic acids is 1. The van der Waals surface area contributed by atoms with Crippen LogP contribution in [-0.2, 0) is 16.6 Å². The lowest BCUT2D eigenvalue weighted by Gasteiger charge is -2.11. The van der Waals surface area contributed by atoms with Gasteiger partial charge in [-0.25, -0.2) is 12.7 Å². The Labute approximate surface area is 171 Å². The second-order valence-electron chi connectivity index (χ2n) is 6.53. The van der Waals surface area contributed by atoms with E-state index in [0.29, 0.717) is 28.4 Å². The van der Waals surface area contributed by atoms with Crippen molar-refractivity contribution < 1.29 is 22.7 Å². The normalized spacial score (nSPS) is 14.1. The fourth-order valence-electron chi connectivity index (χ4n) is 2.98. The van der Waals surface area contributed by atoms with Crippen LogP contribution in [0.25, 0.3) is 10.2 Å². The number of aromatic nitrogens is 1. The third-order valence-electron chi connectivity index (χ3n) is 4.57. The Kier molecular flexibility index (Phi) is 4.93. The average Bonchev–Trinajstić information content (AvgIpc) is 3.28. The van der Waals surface area contributed by atoms with Gasteiger partial charge in [0.05, 0.1) is 15.1 Å². The molecule has 0 bridgehead atoms. The number of hydrogen-bond donors (Lipinski definition) is 0. The van der Waals surface area contributed by atoms with Gasteiger partial charge >= 0.3 is 0 Å². The molecule has 29 heavy (non-hydrogen) atoms. The molecule has 10 heteroatoms. The Morgan fingerprint density at radius 1 is 1.17 bits per heavy atom. The summed E-state index contributed by atoms with van der Waals surface area (Å²) in [5, 5.41) is 0. The predicted molar refractivity (Wildman–Crippen MR) is 109 cm³/mol. The lowest BCUT2D eigenvalue weighted by atomic mass is 10.2. The number of thiazole rings is 1. The molecule has 0 saturated carbocycles. The van der Waals surface area contributed by atoms with E-state index in [1.54, 1.807) is 0 Å². The van der Waals surface area contributed by atoms with Gasteiger partial charge in [-0.2, -0.15) is 4.99 Å². The van der Waals surface area contributed by atoms with Gasteiger partial charge in [0.1, 0.15) is 0 Å². The summed E-state index contributed by atoms with van der Waals surface area (Å²) in [5.41, 5.74) is 1.23. The maximum Gasteiger partial charge on any atom is 0.279 e. The highest BCUT2D eigenvalue weighted by molar-refractivity contribution is 7.89. The molecule has 0 radical (unpaired) electrons. The van der Waals surface area contributed by atoms with E-state index in [1.165, 1.54) is 49.7 Å². The number of ether oxygens (including phenoxy) is 2. The number of benzene rings is 2. The standard InChI is InChI=1S/C19H19N3O5S2/c1-4-22-14-9-15-16(27-11-26-15)10-17(14)28-19(22)20-18(23)12-5-7-13(8-6-12)29(24,25)21(2)3/h5-10H,4,11H2,1-3H3. The molecule has 2 heterocycles. The highest BCUT2D eigenvalue weighted by atomic mass is 32.2. The highest BCUT2D eigenvalue weighted by Crippen LogP contribution is 2.36. The number of hydrogen-bond acceptors (Lipinski definition) is 6. The van der Waals surface area contributed by atoms with E-state index >= 15 is 0 Å². The Morgan fingerprint density at radius 2 is 1.83 bits per heavy atom. The maximum atomic E-state index is 12.7. The third-order valence-corrected chi connectivity index (χ3v) is 7.44. The van der Waals surface area contributed by atoms with Gasteiger partial charge in [0.25, 0.3) is 5.91 Å². The summed E-state index contributed by atoms with van der Waals surface area (Å²) >= 11 is 1.39. The van der Waals surface area contributed by atoms with Crippen molar-refractivity contribution in [3.63, 3.8) is 0 Å². The van der Waals surface area contributed by atoms with Crippen LogP contribution in [0.2, 0.25) is 0 Å². The largest absolute Gasteiger partial charge is 0.454 e. The number of aryl methyl sites for hydroxylation is 1. The third kappa shape index (κ3) is 3.43. The SMILES string of the molecule is CCn1c(=NC(=O)c2ccc(S(=O)(=O)N(C)C)cc2)sc2cc3c(cc21)OCO3. The van der Waals surface area contributed by atoms with Crippen LogP contribution in [-0.4, -0.2) is 44.1 Å². The van der Waals surface area contributed by atoms with Crippen LogP contribution in [0, 0.1) is 0 Å². The molecule has 0 spiro atoms. The molecule has 1 aromatic heterocycles. The first-order chi connectivity index (χ1) is 13.8. The predicted octanol–water partition coefficient (Wildman–Crippen LogP) is 2.44. The molecule has 3 aromatic rings. The molecule has 0 aliphatic carbocycles. The smallest absolute Gasteiger partial charge is 0.279 e. The van der Waals surface area contributed by atoms with Crippen LogP contribution in [0.1, 0.15) is 17.3 Å². The van der Waals surface area contributed by atoms with Crippen LogP contribution in [0.5, 0.6) is 11.5 Å². The quantitative estimate of drug-likeness (QED) is 0.630. The molecule has 1 aliphatic rings. The number of rotatable bonds is 4. The summed E-state index contributed by atoms with van der Waals surface area (Å²) in [7, 11) is -0.628. The van der Waals surface area contributed by atoms with Gasteiger partial charge in [-0.15, -0.1) is 0 Å². The fourth-order valence-corrected chi connectivity index (χ4v) is 4.99. The van der Waals surface area contributed by atoms with Crippen molar-refractivity contribution in [2.24, 2.45) is 4.99 Å². The maximum absolute atomic E-state index is 12.7. The number of sulfonamides is 1. The van der Waals surface area contributed by atoms with Gasteiger partial charge in [0.15, 0.2) is 16.3 Å². The van der Waals surface area contributed by atoms with Crippen molar-refractivity contribution in [1.29, 1.82) is 0 Å². The first kappa shape index (κ1) is 19.6. The van der Waals surface area contributed by atoms with Crippen molar-refractivity contribution in [1.82, 2.24) is 8.87 Å². The summed E-state index contributed by atoms with van der Waals surface area (Å²) in [6.07, 6.45) is 0. The highest BCUT2D eigenvalue weighted by Gasteiger charge is 2.19. The summed E-state index contributed by atoms with van der Waals surface area (Å²) in [6, 6.07) is 9.55. The van der Waals surface area contributed by atoms with Gasteiger partial charge < -0.3 is 14.0 Å². The van der Waals surface area contributed by atoms with Crippen molar-refractivity contribution in [2.45, 2.75) is 18.4 Å². The summed E-state index contributed by atoms with van der Waals surface area (Å²) in [6.45, 7) is 2.81. The lowest BCUT2D eigenvalue weighted by molar-refractivity contribution is 0.0997. The monoisotopic (exact) mass is 433 g/mol. The van der Waals surface area contributed by atoms with Crippen molar-refractivity contribution in [3.8, 4) is 11.5 Å². The van der Waals surface area contributed by atoms with Gasteiger partial charge in [-0.1, -0.05) is 11.3 Å². The van der Waals surface area contributed by atoms with E-state index < -0.39 is 15.9 Å². The lowest BCUT2D eigenvalue weighted by Crippen LogP contribution is -2.22. The Balaban J connectivity index is 1.72. The van der Waals surface area contributed by atoms with Crippen LogP contribution in [0.3, 0.4) is 0 Å². The second-order valence-corrected chi connectivity index (χ2v) is 9.69. The molecule has 0 N–H and O–H groups in total. The first-order valence-corrected chi connectivity index (χ1v) is 11.1. The molecule has 152 valence electrons. The number of amides is 1. The second kappa shape index (κ2) is 7.29. The minimum atomic E-state index is -3.55. The van der Waals surface area contributed by atoms with E-state index in [9.17, 15) is 13.2 Å². The van der Waals surface area contributed by atoms with E-state index in [-0.39, 0.29) is 11.7 Å². The zero-order valence-corrected chi connectivity index (χ0v) is 17.7. The van der Waals surface area contributed by atoms with Gasteiger partial charge in [0, 0.05) is 38.3 Å². The minimum absolute atomic E-state index is 0.124. The molecule has 0 saturated heterocycles. The van der Waals surface area contributed by atoms with Gasteiger partial charge in [0.2, 0.25) is 16.8 Å². The number of fused-ring (bicyclic) bond motifs is 2. The average molecular weight is 434 g/mol. The Morgan fingerprint density at radius 3 is 2.45 bits per heavy atom. The molecular formula is C19H19N3O5S2. The van der Waals surface area contributed by atoms with Gasteiger partial charge in [-0.05, 0) is 31.2 Å².